The second-order valence-electron chi connectivity index (χ2n) is 4.11. The Morgan fingerprint density at radius 3 is 2.79 bits per heavy atom. The number of nitrogens with zero attached hydrogens (tertiary/aromatic N) is 2. The van der Waals surface area contributed by atoms with Gasteiger partial charge in [-0.3, -0.25) is 14.9 Å². The summed E-state index contributed by atoms with van der Waals surface area (Å²) in [6.45, 7) is 0.588. The first-order chi connectivity index (χ1) is 9.11. The van der Waals surface area contributed by atoms with E-state index in [1.165, 1.54) is 18.3 Å². The molecule has 0 saturated heterocycles. The fourth-order valence-electron chi connectivity index (χ4n) is 1.64. The van der Waals surface area contributed by atoms with Crippen LogP contribution in [0, 0.1) is 10.1 Å². The average Bonchev–Trinajstić information content (AvgIpc) is 2.37. The van der Waals surface area contributed by atoms with E-state index in [1.54, 1.807) is 0 Å². The minimum atomic E-state index is -0.776. The number of carbonyl (C=O) groups is 1. The molecule has 0 aliphatic rings. The summed E-state index contributed by atoms with van der Waals surface area (Å²) in [4.78, 5) is 24.5. The van der Waals surface area contributed by atoms with E-state index >= 15 is 0 Å². The van der Waals surface area contributed by atoms with Gasteiger partial charge in [-0.05, 0) is 18.9 Å². The molecule has 7 heteroatoms. The molecule has 1 heterocycles. The normalized spacial score (nSPS) is 10.1. The first-order valence-electron chi connectivity index (χ1n) is 6.16. The number of anilines is 1. The lowest BCUT2D eigenvalue weighted by Crippen LogP contribution is -2.06. The van der Waals surface area contributed by atoms with Crippen LogP contribution < -0.4 is 5.32 Å². The number of unbranched alkanes of at least 4 members (excludes halogenated alkanes) is 3. The predicted molar refractivity (Wildman–Crippen MR) is 70.1 cm³/mol. The second kappa shape index (κ2) is 8.02. The van der Waals surface area contributed by atoms with E-state index in [2.05, 4.69) is 10.3 Å². The number of hydrogen-bond donors (Lipinski definition) is 2. The van der Waals surface area contributed by atoms with Crippen LogP contribution in [0.1, 0.15) is 32.1 Å². The SMILES string of the molecule is O=C(O)CCCCCCNc1ncccc1[N+](=O)[O-]. The Kier molecular flexibility index (Phi) is 6.28. The monoisotopic (exact) mass is 267 g/mol. The van der Waals surface area contributed by atoms with Crippen molar-refractivity contribution in [3.63, 3.8) is 0 Å². The van der Waals surface area contributed by atoms with Crippen molar-refractivity contribution < 1.29 is 14.8 Å². The molecule has 104 valence electrons. The Balaban J connectivity index is 2.23. The molecule has 2 N–H and O–H groups in total. The highest BCUT2D eigenvalue weighted by atomic mass is 16.6. The molecule has 0 spiro atoms. The van der Waals surface area contributed by atoms with Gasteiger partial charge in [0.25, 0.3) is 0 Å². The zero-order chi connectivity index (χ0) is 14.1. The minimum Gasteiger partial charge on any atom is -0.481 e. The van der Waals surface area contributed by atoms with E-state index in [4.69, 9.17) is 5.11 Å². The number of nitrogens with one attached hydrogen (secondary N) is 1. The summed E-state index contributed by atoms with van der Waals surface area (Å²) in [5.41, 5.74) is -0.0339. The van der Waals surface area contributed by atoms with Gasteiger partial charge in [-0.1, -0.05) is 12.8 Å². The van der Waals surface area contributed by atoms with Gasteiger partial charge < -0.3 is 10.4 Å². The van der Waals surface area contributed by atoms with Crippen molar-refractivity contribution in [1.29, 1.82) is 0 Å². The highest BCUT2D eigenvalue weighted by Gasteiger charge is 2.12. The van der Waals surface area contributed by atoms with Crippen LogP contribution in [0.25, 0.3) is 0 Å². The Bertz CT molecular complexity index is 437. The van der Waals surface area contributed by atoms with Crippen molar-refractivity contribution in [3.8, 4) is 0 Å². The average molecular weight is 267 g/mol. The summed E-state index contributed by atoms with van der Waals surface area (Å²) in [6, 6.07) is 2.93. The van der Waals surface area contributed by atoms with E-state index in [9.17, 15) is 14.9 Å². The first-order valence-corrected chi connectivity index (χ1v) is 6.16. The van der Waals surface area contributed by atoms with Gasteiger partial charge >= 0.3 is 11.7 Å². The number of aliphatic carboxylic acids is 1. The molecule has 0 saturated carbocycles. The topological polar surface area (TPSA) is 105 Å². The van der Waals surface area contributed by atoms with E-state index in [0.29, 0.717) is 13.0 Å². The van der Waals surface area contributed by atoms with Crippen LogP contribution in [0.2, 0.25) is 0 Å². The van der Waals surface area contributed by atoms with E-state index < -0.39 is 10.9 Å². The third kappa shape index (κ3) is 5.80. The van der Waals surface area contributed by atoms with Crippen molar-refractivity contribution in [3.05, 3.63) is 28.4 Å². The second-order valence-corrected chi connectivity index (χ2v) is 4.11. The molecule has 0 aromatic carbocycles. The number of rotatable bonds is 9. The highest BCUT2D eigenvalue weighted by Crippen LogP contribution is 2.20. The summed E-state index contributed by atoms with van der Waals surface area (Å²) in [6.07, 6.45) is 4.92. The molecule has 0 bridgehead atoms. The molecule has 0 atom stereocenters. The van der Waals surface area contributed by atoms with Gasteiger partial charge in [-0.2, -0.15) is 0 Å². The van der Waals surface area contributed by atoms with Crippen molar-refractivity contribution in [2.45, 2.75) is 32.1 Å². The molecule has 0 aliphatic heterocycles. The summed E-state index contributed by atoms with van der Waals surface area (Å²) < 4.78 is 0. The maximum absolute atomic E-state index is 10.7. The molecule has 0 amide bonds. The minimum absolute atomic E-state index is 0.0339. The Morgan fingerprint density at radius 1 is 1.37 bits per heavy atom. The maximum atomic E-state index is 10.7. The van der Waals surface area contributed by atoms with Crippen molar-refractivity contribution in [1.82, 2.24) is 4.98 Å². The van der Waals surface area contributed by atoms with Crippen molar-refractivity contribution in [2.75, 3.05) is 11.9 Å². The third-order valence-corrected chi connectivity index (χ3v) is 2.59. The largest absolute Gasteiger partial charge is 0.481 e. The Morgan fingerprint density at radius 2 is 2.11 bits per heavy atom. The zero-order valence-corrected chi connectivity index (χ0v) is 10.5. The molecule has 0 aliphatic carbocycles. The molecule has 1 aromatic heterocycles. The molecule has 19 heavy (non-hydrogen) atoms. The molecule has 0 radical (unpaired) electrons. The van der Waals surface area contributed by atoms with Crippen LogP contribution in [-0.4, -0.2) is 27.5 Å². The molecular formula is C12H17N3O4. The number of carboxylic acids is 1. The quantitative estimate of drug-likeness (QED) is 0.404. The van der Waals surface area contributed by atoms with Crippen LogP contribution in [0.15, 0.2) is 18.3 Å². The lowest BCUT2D eigenvalue weighted by atomic mass is 10.1. The molecule has 1 aromatic rings. The van der Waals surface area contributed by atoms with Gasteiger partial charge in [0, 0.05) is 25.2 Å². The lowest BCUT2D eigenvalue weighted by Gasteiger charge is -2.05. The summed E-state index contributed by atoms with van der Waals surface area (Å²) in [5, 5.41) is 22.1. The van der Waals surface area contributed by atoms with Crippen LogP contribution >= 0.6 is 0 Å². The van der Waals surface area contributed by atoms with Gasteiger partial charge in [-0.25, -0.2) is 4.98 Å². The highest BCUT2D eigenvalue weighted by molar-refractivity contribution is 5.66. The van der Waals surface area contributed by atoms with Gasteiger partial charge in [0.05, 0.1) is 4.92 Å². The van der Waals surface area contributed by atoms with Gasteiger partial charge in [-0.15, -0.1) is 0 Å². The number of hydrogen-bond acceptors (Lipinski definition) is 5. The zero-order valence-electron chi connectivity index (χ0n) is 10.5. The Labute approximate surface area is 110 Å². The maximum Gasteiger partial charge on any atom is 0.311 e. The van der Waals surface area contributed by atoms with Crippen LogP contribution in [0.4, 0.5) is 11.5 Å². The number of nitro groups is 1. The summed E-state index contributed by atoms with van der Waals surface area (Å²) in [7, 11) is 0. The van der Waals surface area contributed by atoms with Gasteiger partial charge in [0.15, 0.2) is 0 Å². The van der Waals surface area contributed by atoms with E-state index in [1.807, 2.05) is 0 Å². The number of pyridine rings is 1. The van der Waals surface area contributed by atoms with Gasteiger partial charge in [0.2, 0.25) is 5.82 Å². The fraction of sp³-hybridized carbons (Fsp3) is 0.500. The standard InChI is InChI=1S/C12H17N3O4/c16-11(17)7-3-1-2-4-8-13-12-10(15(18)19)6-5-9-14-12/h5-6,9H,1-4,7-8H2,(H,13,14)(H,16,17). The molecular weight excluding hydrogens is 250 g/mol. The summed E-state index contributed by atoms with van der Waals surface area (Å²) >= 11 is 0. The van der Waals surface area contributed by atoms with E-state index in [0.717, 1.165) is 19.3 Å². The van der Waals surface area contributed by atoms with Crippen LogP contribution in [0.3, 0.4) is 0 Å². The predicted octanol–water partition coefficient (Wildman–Crippen LogP) is 2.44. The molecule has 0 fully saturated rings. The fourth-order valence-corrected chi connectivity index (χ4v) is 1.64. The van der Waals surface area contributed by atoms with Crippen molar-refractivity contribution in [2.24, 2.45) is 0 Å². The third-order valence-electron chi connectivity index (χ3n) is 2.59. The van der Waals surface area contributed by atoms with Gasteiger partial charge in [0.1, 0.15) is 0 Å². The molecule has 1 rings (SSSR count). The number of aromatic nitrogens is 1. The van der Waals surface area contributed by atoms with Crippen molar-refractivity contribution >= 4 is 17.5 Å². The Hall–Kier alpha value is -2.18. The van der Waals surface area contributed by atoms with E-state index in [-0.39, 0.29) is 17.9 Å². The molecule has 7 nitrogen and oxygen atoms in total. The molecule has 0 unspecified atom stereocenters. The van der Waals surface area contributed by atoms with Crippen LogP contribution in [-0.2, 0) is 4.79 Å². The smallest absolute Gasteiger partial charge is 0.311 e. The summed E-state index contributed by atoms with van der Waals surface area (Å²) in [5.74, 6) is -0.500. The first kappa shape index (κ1) is 14.9. The number of carboxylic acid groups (broad SMARTS) is 1. The van der Waals surface area contributed by atoms with Crippen LogP contribution in [0.5, 0.6) is 0 Å². The lowest BCUT2D eigenvalue weighted by molar-refractivity contribution is -0.384.